The summed E-state index contributed by atoms with van der Waals surface area (Å²) in [6.07, 6.45) is 9.63. The second kappa shape index (κ2) is 8.42. The zero-order chi connectivity index (χ0) is 22.2. The number of nitrogens with zero attached hydrogens (tertiary/aromatic N) is 3. The Kier molecular flexibility index (Phi) is 5.12. The number of nitriles is 1. The molecule has 4 aromatic rings. The number of aromatic nitrogens is 3. The van der Waals surface area contributed by atoms with Crippen LogP contribution in [0, 0.1) is 11.3 Å². The van der Waals surface area contributed by atoms with Crippen molar-refractivity contribution in [2.75, 3.05) is 13.2 Å². The third-order valence-corrected chi connectivity index (χ3v) is 6.90. The Morgan fingerprint density at radius 3 is 2.73 bits per heavy atom. The van der Waals surface area contributed by atoms with Gasteiger partial charge in [-0.05, 0) is 54.7 Å². The Labute approximate surface area is 192 Å². The lowest BCUT2D eigenvalue weighted by molar-refractivity contribution is 0.0254. The largest absolute Gasteiger partial charge is 0.489 e. The summed E-state index contributed by atoms with van der Waals surface area (Å²) >= 11 is 0. The Morgan fingerprint density at radius 1 is 1.06 bits per heavy atom. The average Bonchev–Trinajstić information content (AvgIpc) is 3.46. The molecule has 1 aliphatic carbocycles. The summed E-state index contributed by atoms with van der Waals surface area (Å²) in [5.41, 5.74) is 5.89. The van der Waals surface area contributed by atoms with Crippen molar-refractivity contribution in [2.45, 2.75) is 44.2 Å². The molecule has 0 spiro atoms. The number of aromatic amines is 1. The van der Waals surface area contributed by atoms with Crippen LogP contribution in [0.15, 0.2) is 54.9 Å². The average molecular weight is 439 g/mol. The molecule has 0 radical (unpaired) electrons. The molecule has 2 aliphatic rings. The molecule has 6 rings (SSSR count). The van der Waals surface area contributed by atoms with Crippen molar-refractivity contribution in [1.29, 1.82) is 5.26 Å². The molecule has 0 unspecified atom stereocenters. The number of benzene rings is 2. The van der Waals surface area contributed by atoms with Crippen molar-refractivity contribution < 1.29 is 9.47 Å². The van der Waals surface area contributed by atoms with Gasteiger partial charge in [-0.2, -0.15) is 10.4 Å². The standard InChI is InChI=1S/C27H26N4O2/c28-15-19-13-18(7-8-27(19)33-22-9-11-32-12-10-22)23-5-2-6-25-24(23)14-26(30-25)20-16-29-31(17-20)21-3-1-4-21/h2,5-8,13-14,16-17,21-22,30H,1,3-4,9-12H2. The Balaban J connectivity index is 1.33. The van der Waals surface area contributed by atoms with Gasteiger partial charge in [-0.15, -0.1) is 0 Å². The van der Waals surface area contributed by atoms with Gasteiger partial charge in [-0.25, -0.2) is 0 Å². The second-order valence-corrected chi connectivity index (χ2v) is 9.00. The van der Waals surface area contributed by atoms with Gasteiger partial charge < -0.3 is 14.5 Å². The summed E-state index contributed by atoms with van der Waals surface area (Å²) in [7, 11) is 0. The summed E-state index contributed by atoms with van der Waals surface area (Å²) in [5, 5.41) is 15.5. The highest BCUT2D eigenvalue weighted by atomic mass is 16.5. The van der Waals surface area contributed by atoms with Gasteiger partial charge in [0.05, 0.1) is 31.0 Å². The minimum absolute atomic E-state index is 0.105. The molecule has 1 N–H and O–H groups in total. The van der Waals surface area contributed by atoms with E-state index in [1.807, 2.05) is 30.5 Å². The van der Waals surface area contributed by atoms with Gasteiger partial charge in [0.1, 0.15) is 17.9 Å². The Bertz CT molecular complexity index is 1340. The van der Waals surface area contributed by atoms with Crippen molar-refractivity contribution in [1.82, 2.24) is 14.8 Å². The van der Waals surface area contributed by atoms with E-state index >= 15 is 0 Å². The highest BCUT2D eigenvalue weighted by molar-refractivity contribution is 5.98. The normalized spacial score (nSPS) is 17.1. The maximum absolute atomic E-state index is 9.79. The third kappa shape index (κ3) is 3.79. The first-order chi connectivity index (χ1) is 16.3. The van der Waals surface area contributed by atoms with Crippen LogP contribution in [0.4, 0.5) is 0 Å². The maximum Gasteiger partial charge on any atom is 0.137 e. The molecule has 6 heteroatoms. The predicted octanol–water partition coefficient (Wildman–Crippen LogP) is 5.85. The topological polar surface area (TPSA) is 75.9 Å². The molecule has 3 heterocycles. The van der Waals surface area contributed by atoms with Crippen LogP contribution >= 0.6 is 0 Å². The van der Waals surface area contributed by atoms with Crippen LogP contribution in [-0.2, 0) is 4.74 Å². The molecular formula is C27H26N4O2. The van der Waals surface area contributed by atoms with Gasteiger partial charge in [-0.1, -0.05) is 18.2 Å². The number of nitrogens with one attached hydrogen (secondary N) is 1. The predicted molar refractivity (Wildman–Crippen MR) is 127 cm³/mol. The third-order valence-electron chi connectivity index (χ3n) is 6.90. The van der Waals surface area contributed by atoms with Gasteiger partial charge in [0.2, 0.25) is 0 Å². The molecule has 2 aromatic heterocycles. The van der Waals surface area contributed by atoms with Crippen LogP contribution in [0.2, 0.25) is 0 Å². The number of H-pyrrole nitrogens is 1. The van der Waals surface area contributed by atoms with Crippen LogP contribution in [0.3, 0.4) is 0 Å². The van der Waals surface area contributed by atoms with Crippen LogP contribution in [0.5, 0.6) is 5.75 Å². The SMILES string of the molecule is N#Cc1cc(-c2cccc3[nH]c(-c4cnn(C5CCC5)c4)cc23)ccc1OC1CCOCC1. The van der Waals surface area contributed by atoms with Gasteiger partial charge in [0.15, 0.2) is 0 Å². The lowest BCUT2D eigenvalue weighted by Crippen LogP contribution is -2.26. The zero-order valence-electron chi connectivity index (χ0n) is 18.5. The van der Waals surface area contributed by atoms with E-state index in [-0.39, 0.29) is 6.10 Å². The van der Waals surface area contributed by atoms with Crippen molar-refractivity contribution in [3.63, 3.8) is 0 Å². The summed E-state index contributed by atoms with van der Waals surface area (Å²) in [4.78, 5) is 3.55. The number of hydrogen-bond acceptors (Lipinski definition) is 4. The lowest BCUT2D eigenvalue weighted by Gasteiger charge is -2.25. The quantitative estimate of drug-likeness (QED) is 0.424. The maximum atomic E-state index is 9.79. The van der Waals surface area contributed by atoms with Crippen molar-refractivity contribution in [3.05, 3.63) is 60.4 Å². The molecule has 0 atom stereocenters. The Morgan fingerprint density at radius 2 is 1.94 bits per heavy atom. The Hall–Kier alpha value is -3.56. The van der Waals surface area contributed by atoms with Gasteiger partial charge in [0.25, 0.3) is 0 Å². The molecule has 0 amide bonds. The van der Waals surface area contributed by atoms with E-state index in [2.05, 4.69) is 45.2 Å². The van der Waals surface area contributed by atoms with Crippen LogP contribution in [0.25, 0.3) is 33.3 Å². The summed E-state index contributed by atoms with van der Waals surface area (Å²) in [6.45, 7) is 1.42. The molecule has 1 aliphatic heterocycles. The van der Waals surface area contributed by atoms with E-state index in [0.29, 0.717) is 30.6 Å². The highest BCUT2D eigenvalue weighted by Gasteiger charge is 2.21. The second-order valence-electron chi connectivity index (χ2n) is 9.00. The first kappa shape index (κ1) is 20.1. The van der Waals surface area contributed by atoms with Gasteiger partial charge in [-0.3, -0.25) is 4.68 Å². The number of fused-ring (bicyclic) bond motifs is 1. The zero-order valence-corrected chi connectivity index (χ0v) is 18.5. The van der Waals surface area contributed by atoms with E-state index < -0.39 is 0 Å². The molecule has 6 nitrogen and oxygen atoms in total. The van der Waals surface area contributed by atoms with Crippen molar-refractivity contribution >= 4 is 10.9 Å². The van der Waals surface area contributed by atoms with E-state index in [9.17, 15) is 5.26 Å². The number of rotatable bonds is 5. The summed E-state index contributed by atoms with van der Waals surface area (Å²) in [6, 6.07) is 17.2. The summed E-state index contributed by atoms with van der Waals surface area (Å²) < 4.78 is 13.6. The van der Waals surface area contributed by atoms with Crippen molar-refractivity contribution in [3.8, 4) is 34.2 Å². The lowest BCUT2D eigenvalue weighted by atomic mass is 9.93. The summed E-state index contributed by atoms with van der Waals surface area (Å²) in [5.74, 6) is 0.651. The van der Waals surface area contributed by atoms with E-state index in [1.54, 1.807) is 0 Å². The number of ether oxygens (including phenoxy) is 2. The first-order valence-corrected chi connectivity index (χ1v) is 11.7. The fourth-order valence-corrected chi connectivity index (χ4v) is 4.75. The van der Waals surface area contributed by atoms with Crippen LogP contribution in [-0.4, -0.2) is 34.1 Å². The monoisotopic (exact) mass is 438 g/mol. The smallest absolute Gasteiger partial charge is 0.137 e. The van der Waals surface area contributed by atoms with Gasteiger partial charge in [0, 0.05) is 41.2 Å². The molecule has 166 valence electrons. The molecule has 1 saturated carbocycles. The first-order valence-electron chi connectivity index (χ1n) is 11.7. The van der Waals surface area contributed by atoms with Crippen molar-refractivity contribution in [2.24, 2.45) is 0 Å². The molecule has 2 fully saturated rings. The minimum Gasteiger partial charge on any atom is -0.489 e. The van der Waals surface area contributed by atoms with Crippen LogP contribution < -0.4 is 4.74 Å². The van der Waals surface area contributed by atoms with E-state index in [4.69, 9.17) is 9.47 Å². The molecule has 33 heavy (non-hydrogen) atoms. The van der Waals surface area contributed by atoms with Crippen LogP contribution in [0.1, 0.15) is 43.7 Å². The number of hydrogen-bond donors (Lipinski definition) is 1. The van der Waals surface area contributed by atoms with E-state index in [1.165, 1.54) is 19.3 Å². The molecule has 0 bridgehead atoms. The minimum atomic E-state index is 0.105. The molecule has 2 aromatic carbocycles. The van der Waals surface area contributed by atoms with Gasteiger partial charge >= 0.3 is 0 Å². The molecular weight excluding hydrogens is 412 g/mol. The molecule has 1 saturated heterocycles. The highest BCUT2D eigenvalue weighted by Crippen LogP contribution is 2.36. The fraction of sp³-hybridized carbons (Fsp3) is 0.333. The van der Waals surface area contributed by atoms with E-state index in [0.717, 1.165) is 46.1 Å². The fourth-order valence-electron chi connectivity index (χ4n) is 4.75.